The minimum absolute atomic E-state index is 0.522. The van der Waals surface area contributed by atoms with Gasteiger partial charge >= 0.3 is 0 Å². The van der Waals surface area contributed by atoms with Gasteiger partial charge in [0.05, 0.1) is 0 Å². The molecule has 1 aliphatic rings. The number of hydrogen-bond donors (Lipinski definition) is 1. The fraction of sp³-hybridized carbons (Fsp3) is 1.00. The van der Waals surface area contributed by atoms with Crippen LogP contribution in [-0.2, 0) is 0 Å². The molecular formula is C18H37N. The third-order valence-corrected chi connectivity index (χ3v) is 5.01. The number of hydrogen-bond acceptors (Lipinski definition) is 1. The summed E-state index contributed by atoms with van der Waals surface area (Å²) in [7, 11) is 0. The molecule has 1 heteroatoms. The standard InChI is InChI=1S/C18H37N/c1-5-7-9-12-16(13-10-8-6-2)19-17-14-11-15-18(17,3)4/h16-17,19H,5-15H2,1-4H3. The summed E-state index contributed by atoms with van der Waals surface area (Å²) in [4.78, 5) is 0. The number of rotatable bonds is 10. The Morgan fingerprint density at radius 2 is 1.58 bits per heavy atom. The third kappa shape index (κ3) is 6.29. The summed E-state index contributed by atoms with van der Waals surface area (Å²) in [5.74, 6) is 0. The highest BCUT2D eigenvalue weighted by molar-refractivity contribution is 4.91. The second-order valence-corrected chi connectivity index (χ2v) is 7.29. The summed E-state index contributed by atoms with van der Waals surface area (Å²) in [6.45, 7) is 9.51. The topological polar surface area (TPSA) is 12.0 Å². The average molecular weight is 268 g/mol. The molecule has 1 unspecified atom stereocenters. The molecule has 0 aromatic heterocycles. The Balaban J connectivity index is 2.38. The van der Waals surface area contributed by atoms with Gasteiger partial charge in [-0.15, -0.1) is 0 Å². The predicted octanol–water partition coefficient (Wildman–Crippen LogP) is 5.68. The van der Waals surface area contributed by atoms with Gasteiger partial charge in [0.1, 0.15) is 0 Å². The fourth-order valence-corrected chi connectivity index (χ4v) is 3.51. The van der Waals surface area contributed by atoms with E-state index in [1.165, 1.54) is 70.6 Å². The molecule has 0 saturated heterocycles. The Kier molecular flexibility index (Phi) is 8.06. The minimum Gasteiger partial charge on any atom is -0.311 e. The number of unbranched alkanes of at least 4 members (excludes halogenated alkanes) is 4. The molecule has 1 saturated carbocycles. The van der Waals surface area contributed by atoms with Crippen LogP contribution in [0.1, 0.15) is 98.3 Å². The maximum Gasteiger partial charge on any atom is 0.0121 e. The molecule has 0 heterocycles. The highest BCUT2D eigenvalue weighted by Gasteiger charge is 2.35. The summed E-state index contributed by atoms with van der Waals surface area (Å²) >= 11 is 0. The molecule has 1 N–H and O–H groups in total. The van der Waals surface area contributed by atoms with Gasteiger partial charge < -0.3 is 5.32 Å². The van der Waals surface area contributed by atoms with Crippen molar-refractivity contribution in [2.75, 3.05) is 0 Å². The molecule has 1 nitrogen and oxygen atoms in total. The first-order valence-corrected chi connectivity index (χ1v) is 8.86. The molecule has 0 aromatic carbocycles. The van der Waals surface area contributed by atoms with Gasteiger partial charge in [0.25, 0.3) is 0 Å². The Morgan fingerprint density at radius 3 is 2.00 bits per heavy atom. The fourth-order valence-electron chi connectivity index (χ4n) is 3.51. The van der Waals surface area contributed by atoms with E-state index < -0.39 is 0 Å². The Labute approximate surface area is 121 Å². The van der Waals surface area contributed by atoms with Crippen LogP contribution in [0.15, 0.2) is 0 Å². The van der Waals surface area contributed by atoms with Gasteiger partial charge in [-0.05, 0) is 31.1 Å². The molecular weight excluding hydrogens is 230 g/mol. The van der Waals surface area contributed by atoms with Gasteiger partial charge in [-0.1, -0.05) is 72.6 Å². The highest BCUT2D eigenvalue weighted by atomic mass is 15.0. The lowest BCUT2D eigenvalue weighted by Crippen LogP contribution is -2.44. The van der Waals surface area contributed by atoms with Crippen molar-refractivity contribution >= 4 is 0 Å². The van der Waals surface area contributed by atoms with Crippen molar-refractivity contribution in [1.29, 1.82) is 0 Å². The predicted molar refractivity (Wildman–Crippen MR) is 86.6 cm³/mol. The molecule has 0 bridgehead atoms. The van der Waals surface area contributed by atoms with Crippen LogP contribution >= 0.6 is 0 Å². The highest BCUT2D eigenvalue weighted by Crippen LogP contribution is 2.37. The van der Waals surface area contributed by atoms with E-state index >= 15 is 0 Å². The Hall–Kier alpha value is -0.0400. The molecule has 0 amide bonds. The zero-order valence-corrected chi connectivity index (χ0v) is 13.9. The second-order valence-electron chi connectivity index (χ2n) is 7.29. The van der Waals surface area contributed by atoms with E-state index in [-0.39, 0.29) is 0 Å². The first-order chi connectivity index (χ1) is 9.10. The van der Waals surface area contributed by atoms with Gasteiger partial charge in [0, 0.05) is 12.1 Å². The summed E-state index contributed by atoms with van der Waals surface area (Å²) in [6.07, 6.45) is 15.3. The Bertz CT molecular complexity index is 212. The van der Waals surface area contributed by atoms with Crippen LogP contribution in [0.3, 0.4) is 0 Å². The van der Waals surface area contributed by atoms with E-state index in [2.05, 4.69) is 33.0 Å². The van der Waals surface area contributed by atoms with Crippen LogP contribution in [0.4, 0.5) is 0 Å². The van der Waals surface area contributed by atoms with Gasteiger partial charge in [-0.2, -0.15) is 0 Å². The molecule has 0 spiro atoms. The zero-order valence-electron chi connectivity index (χ0n) is 13.9. The van der Waals surface area contributed by atoms with E-state index in [9.17, 15) is 0 Å². The lowest BCUT2D eigenvalue weighted by molar-refractivity contribution is 0.247. The molecule has 1 atom stereocenters. The van der Waals surface area contributed by atoms with E-state index in [4.69, 9.17) is 0 Å². The van der Waals surface area contributed by atoms with Crippen molar-refractivity contribution in [3.8, 4) is 0 Å². The first-order valence-electron chi connectivity index (χ1n) is 8.86. The zero-order chi connectivity index (χ0) is 14.1. The van der Waals surface area contributed by atoms with E-state index in [0.29, 0.717) is 5.41 Å². The summed E-state index contributed by atoms with van der Waals surface area (Å²) in [5, 5.41) is 4.02. The molecule has 0 radical (unpaired) electrons. The molecule has 1 rings (SSSR count). The van der Waals surface area contributed by atoms with Crippen molar-refractivity contribution in [2.45, 2.75) is 110 Å². The lowest BCUT2D eigenvalue weighted by Gasteiger charge is -2.32. The van der Waals surface area contributed by atoms with Crippen LogP contribution in [0, 0.1) is 5.41 Å². The minimum atomic E-state index is 0.522. The van der Waals surface area contributed by atoms with Gasteiger partial charge in [-0.3, -0.25) is 0 Å². The van der Waals surface area contributed by atoms with Crippen LogP contribution < -0.4 is 5.32 Å². The van der Waals surface area contributed by atoms with Gasteiger partial charge in [0.2, 0.25) is 0 Å². The molecule has 0 aromatic rings. The molecule has 19 heavy (non-hydrogen) atoms. The SMILES string of the molecule is CCCCCC(CCCCC)NC1CCCC1(C)C. The van der Waals surface area contributed by atoms with Crippen molar-refractivity contribution in [3.63, 3.8) is 0 Å². The van der Waals surface area contributed by atoms with Crippen molar-refractivity contribution < 1.29 is 0 Å². The Morgan fingerprint density at radius 1 is 1.00 bits per heavy atom. The summed E-state index contributed by atoms with van der Waals surface area (Å²) < 4.78 is 0. The van der Waals surface area contributed by atoms with Crippen molar-refractivity contribution in [2.24, 2.45) is 5.41 Å². The van der Waals surface area contributed by atoms with Crippen molar-refractivity contribution in [1.82, 2.24) is 5.32 Å². The van der Waals surface area contributed by atoms with Gasteiger partial charge in [0.15, 0.2) is 0 Å². The molecule has 1 fully saturated rings. The quantitative estimate of drug-likeness (QED) is 0.502. The molecule has 1 aliphatic carbocycles. The molecule has 0 aliphatic heterocycles. The second kappa shape index (κ2) is 9.00. The normalized spacial score (nSPS) is 22.3. The third-order valence-electron chi connectivity index (χ3n) is 5.01. The van der Waals surface area contributed by atoms with E-state index in [1.54, 1.807) is 0 Å². The summed E-state index contributed by atoms with van der Waals surface area (Å²) in [5.41, 5.74) is 0.522. The van der Waals surface area contributed by atoms with Crippen molar-refractivity contribution in [3.05, 3.63) is 0 Å². The molecule has 114 valence electrons. The van der Waals surface area contributed by atoms with Crippen LogP contribution in [-0.4, -0.2) is 12.1 Å². The maximum absolute atomic E-state index is 4.02. The number of nitrogens with one attached hydrogen (secondary N) is 1. The first kappa shape index (κ1) is 17.0. The van der Waals surface area contributed by atoms with E-state index in [1.807, 2.05) is 0 Å². The van der Waals surface area contributed by atoms with E-state index in [0.717, 1.165) is 12.1 Å². The average Bonchev–Trinajstić information content (AvgIpc) is 2.69. The van der Waals surface area contributed by atoms with Crippen LogP contribution in [0.25, 0.3) is 0 Å². The smallest absolute Gasteiger partial charge is 0.0121 e. The largest absolute Gasteiger partial charge is 0.311 e. The van der Waals surface area contributed by atoms with Gasteiger partial charge in [-0.25, -0.2) is 0 Å². The van der Waals surface area contributed by atoms with Crippen LogP contribution in [0.2, 0.25) is 0 Å². The summed E-state index contributed by atoms with van der Waals surface area (Å²) in [6, 6.07) is 1.54. The van der Waals surface area contributed by atoms with Crippen LogP contribution in [0.5, 0.6) is 0 Å². The maximum atomic E-state index is 4.02. The monoisotopic (exact) mass is 267 g/mol. The lowest BCUT2D eigenvalue weighted by atomic mass is 9.86.